The van der Waals surface area contributed by atoms with Crippen LogP contribution >= 0.6 is 0 Å². The zero-order chi connectivity index (χ0) is 24.9. The largest absolute Gasteiger partial charge is 0.482 e. The van der Waals surface area contributed by atoms with E-state index in [-0.39, 0.29) is 31.3 Å². The van der Waals surface area contributed by atoms with E-state index in [9.17, 15) is 14.4 Å². The van der Waals surface area contributed by atoms with Crippen LogP contribution in [0.5, 0.6) is 5.75 Å². The second-order valence-corrected chi connectivity index (χ2v) is 8.36. The van der Waals surface area contributed by atoms with Gasteiger partial charge in [-0.25, -0.2) is 9.59 Å². The summed E-state index contributed by atoms with van der Waals surface area (Å²) in [5, 5.41) is 11.7. The van der Waals surface area contributed by atoms with Crippen LogP contribution in [0, 0.1) is 0 Å². The van der Waals surface area contributed by atoms with Crippen molar-refractivity contribution >= 4 is 18.0 Å². The second-order valence-electron chi connectivity index (χ2n) is 8.36. The van der Waals surface area contributed by atoms with Gasteiger partial charge in [0.15, 0.2) is 6.61 Å². The van der Waals surface area contributed by atoms with Crippen molar-refractivity contribution in [2.75, 3.05) is 32.9 Å². The molecule has 0 saturated heterocycles. The molecule has 0 aliphatic carbocycles. The molecule has 2 amide bonds. The average Bonchev–Trinajstić information content (AvgIpc) is 2.77. The van der Waals surface area contributed by atoms with Crippen molar-refractivity contribution in [1.82, 2.24) is 10.2 Å². The lowest BCUT2D eigenvalue weighted by Crippen LogP contribution is -2.33. The van der Waals surface area contributed by atoms with E-state index in [1.54, 1.807) is 49.9 Å². The van der Waals surface area contributed by atoms with Crippen LogP contribution in [-0.4, -0.2) is 66.5 Å². The zero-order valence-electron chi connectivity index (χ0n) is 20.0. The number of unbranched alkanes of at least 4 members (excludes halogenated alkanes) is 1. The number of carbonyl (C=O) groups excluding carboxylic acids is 3. The number of benzene rings is 1. The van der Waals surface area contributed by atoms with Crippen molar-refractivity contribution in [2.45, 2.75) is 52.7 Å². The molecule has 0 saturated carbocycles. The molecule has 1 aromatic carbocycles. The Hall–Kier alpha value is -3.07. The Balaban J connectivity index is 2.25. The quantitative estimate of drug-likeness (QED) is 0.262. The first-order valence-corrected chi connectivity index (χ1v) is 11.0. The molecule has 0 unspecified atom stereocenters. The first kappa shape index (κ1) is 28.0. The molecule has 0 heterocycles. The third-order valence-corrected chi connectivity index (χ3v) is 4.36. The van der Waals surface area contributed by atoms with Crippen molar-refractivity contribution in [3.8, 4) is 5.75 Å². The third kappa shape index (κ3) is 11.9. The van der Waals surface area contributed by atoms with E-state index in [1.165, 1.54) is 0 Å². The fraction of sp³-hybridized carbons (Fsp3) is 0.542. The van der Waals surface area contributed by atoms with Gasteiger partial charge in [-0.3, -0.25) is 4.79 Å². The fourth-order valence-corrected chi connectivity index (χ4v) is 2.66. The molecule has 9 nitrogen and oxygen atoms in total. The fourth-order valence-electron chi connectivity index (χ4n) is 2.66. The normalized spacial score (nSPS) is 10.8. The Bertz CT molecular complexity index is 785. The molecule has 1 rings (SSSR count). The van der Waals surface area contributed by atoms with E-state index in [0.717, 1.165) is 5.56 Å². The lowest BCUT2D eigenvalue weighted by molar-refractivity contribution is -0.146. The maximum absolute atomic E-state index is 12.0. The minimum atomic E-state index is -0.554. The van der Waals surface area contributed by atoms with Gasteiger partial charge >= 0.3 is 12.1 Å². The average molecular weight is 465 g/mol. The number of ether oxygens (including phenoxy) is 3. The van der Waals surface area contributed by atoms with E-state index >= 15 is 0 Å². The summed E-state index contributed by atoms with van der Waals surface area (Å²) in [5.74, 6) is -0.242. The minimum absolute atomic E-state index is 0.160. The molecule has 0 radical (unpaired) electrons. The van der Waals surface area contributed by atoms with Crippen molar-refractivity contribution in [2.24, 2.45) is 0 Å². The van der Waals surface area contributed by atoms with Gasteiger partial charge in [0, 0.05) is 25.2 Å². The monoisotopic (exact) mass is 464 g/mol. The molecule has 2 N–H and O–H groups in total. The third-order valence-electron chi connectivity index (χ3n) is 4.36. The molecule has 0 spiro atoms. The molecule has 33 heavy (non-hydrogen) atoms. The van der Waals surface area contributed by atoms with Crippen LogP contribution in [0.3, 0.4) is 0 Å². The van der Waals surface area contributed by atoms with Crippen molar-refractivity contribution in [1.29, 1.82) is 0 Å². The summed E-state index contributed by atoms with van der Waals surface area (Å²) in [7, 11) is 0. The van der Waals surface area contributed by atoms with Gasteiger partial charge in [0.1, 0.15) is 11.4 Å². The molecule has 1 aromatic rings. The van der Waals surface area contributed by atoms with Gasteiger partial charge in [-0.15, -0.1) is 0 Å². The highest BCUT2D eigenvalue weighted by atomic mass is 16.6. The van der Waals surface area contributed by atoms with Crippen LogP contribution in [0.1, 0.15) is 46.1 Å². The smallest absolute Gasteiger partial charge is 0.407 e. The van der Waals surface area contributed by atoms with E-state index in [2.05, 4.69) is 11.9 Å². The molecular weight excluding hydrogens is 428 g/mol. The Morgan fingerprint density at radius 3 is 2.36 bits per heavy atom. The summed E-state index contributed by atoms with van der Waals surface area (Å²) < 4.78 is 15.8. The Morgan fingerprint density at radius 1 is 1.12 bits per heavy atom. The lowest BCUT2D eigenvalue weighted by atomic mass is 10.2. The highest BCUT2D eigenvalue weighted by molar-refractivity contribution is 5.93. The lowest BCUT2D eigenvalue weighted by Gasteiger charge is -2.21. The van der Waals surface area contributed by atoms with E-state index in [1.807, 2.05) is 6.92 Å². The Labute approximate surface area is 195 Å². The van der Waals surface area contributed by atoms with Gasteiger partial charge in [-0.2, -0.15) is 0 Å². The van der Waals surface area contributed by atoms with Crippen molar-refractivity contribution in [3.63, 3.8) is 0 Å². The number of rotatable bonds is 13. The summed E-state index contributed by atoms with van der Waals surface area (Å²) in [6.45, 7) is 11.8. The van der Waals surface area contributed by atoms with Crippen LogP contribution in [0.15, 0.2) is 36.4 Å². The minimum Gasteiger partial charge on any atom is -0.482 e. The number of likely N-dealkylation sites (N-methyl/N-ethyl adjacent to an activating group) is 1. The van der Waals surface area contributed by atoms with Crippen LogP contribution in [0.2, 0.25) is 0 Å². The molecule has 184 valence electrons. The first-order chi connectivity index (χ1) is 15.6. The van der Waals surface area contributed by atoms with Crippen molar-refractivity contribution in [3.05, 3.63) is 42.0 Å². The van der Waals surface area contributed by atoms with Gasteiger partial charge in [-0.05, 0) is 58.2 Å². The number of nitrogens with zero attached hydrogens (tertiary/aromatic N) is 1. The number of nitrogens with one attached hydrogen (secondary N) is 1. The summed E-state index contributed by atoms with van der Waals surface area (Å²) >= 11 is 0. The molecule has 0 aliphatic rings. The van der Waals surface area contributed by atoms with Gasteiger partial charge < -0.3 is 29.5 Å². The molecule has 9 heteroatoms. The molecule has 0 bridgehead atoms. The van der Waals surface area contributed by atoms with Gasteiger partial charge in [0.05, 0.1) is 13.2 Å². The van der Waals surface area contributed by atoms with Gasteiger partial charge in [0.25, 0.3) is 5.91 Å². The summed E-state index contributed by atoms with van der Waals surface area (Å²) in [6.07, 6.45) is 0.765. The van der Waals surface area contributed by atoms with Crippen LogP contribution in [-0.2, 0) is 25.6 Å². The van der Waals surface area contributed by atoms with Crippen LogP contribution in [0.25, 0.3) is 0 Å². The zero-order valence-corrected chi connectivity index (χ0v) is 20.0. The van der Waals surface area contributed by atoms with Crippen LogP contribution < -0.4 is 10.1 Å². The maximum atomic E-state index is 12.0. The highest BCUT2D eigenvalue weighted by Crippen LogP contribution is 2.13. The predicted molar refractivity (Wildman–Crippen MR) is 124 cm³/mol. The summed E-state index contributed by atoms with van der Waals surface area (Å²) in [6, 6.07) is 6.97. The molecular formula is C24H36N2O7. The number of alkyl carbamates (subject to hydrolysis) is 1. The SMILES string of the molecule is C=C(CO)C(=O)N(CC)CCCCOC(=O)COc1ccc(CNC(=O)OC(C)(C)C)cc1. The molecule has 0 aromatic heterocycles. The standard InChI is InChI=1S/C24H36N2O7/c1-6-26(22(29)18(2)16-27)13-7-8-14-31-21(28)17-32-20-11-9-19(10-12-20)15-25-23(30)33-24(3,4)5/h9-12,27H,2,6-8,13-17H2,1,3-5H3,(H,25,30). The molecule has 0 fully saturated rings. The maximum Gasteiger partial charge on any atom is 0.407 e. The summed E-state index contributed by atoms with van der Waals surface area (Å²) in [5.41, 5.74) is 0.465. The highest BCUT2D eigenvalue weighted by Gasteiger charge is 2.16. The number of carbonyl (C=O) groups is 3. The number of hydrogen-bond donors (Lipinski definition) is 2. The number of esters is 1. The number of amides is 2. The number of hydrogen-bond acceptors (Lipinski definition) is 7. The van der Waals surface area contributed by atoms with Gasteiger partial charge in [0.2, 0.25) is 0 Å². The van der Waals surface area contributed by atoms with Gasteiger partial charge in [-0.1, -0.05) is 18.7 Å². The second kappa shape index (κ2) is 14.2. The first-order valence-electron chi connectivity index (χ1n) is 11.0. The van der Waals surface area contributed by atoms with Crippen LogP contribution in [0.4, 0.5) is 4.79 Å². The number of aliphatic hydroxyl groups excluding tert-OH is 1. The Morgan fingerprint density at radius 2 is 1.79 bits per heavy atom. The van der Waals surface area contributed by atoms with E-state index < -0.39 is 17.7 Å². The van der Waals surface area contributed by atoms with E-state index in [0.29, 0.717) is 38.2 Å². The number of aliphatic hydroxyl groups is 1. The predicted octanol–water partition coefficient (Wildman–Crippen LogP) is 2.81. The van der Waals surface area contributed by atoms with Crippen molar-refractivity contribution < 1.29 is 33.7 Å². The molecule has 0 aliphatic heterocycles. The molecule has 0 atom stereocenters. The topological polar surface area (TPSA) is 114 Å². The Kier molecular flexibility index (Phi) is 12.0. The summed E-state index contributed by atoms with van der Waals surface area (Å²) in [4.78, 5) is 37.1. The van der Waals surface area contributed by atoms with E-state index in [4.69, 9.17) is 19.3 Å².